The van der Waals surface area contributed by atoms with E-state index in [0.29, 0.717) is 11.6 Å². The van der Waals surface area contributed by atoms with Crippen molar-refractivity contribution in [2.45, 2.75) is 18.9 Å². The first-order chi connectivity index (χ1) is 8.58. The standard InChI is InChI=1S/C13H18BrN3O/c1-16(2)11-5-7-17(8-6-11)13(18)10-3-4-12(14)15-9-10/h3-4,9,11H,5-8H2,1-2H3. The Morgan fingerprint density at radius 1 is 1.39 bits per heavy atom. The molecular formula is C13H18BrN3O. The van der Waals surface area contributed by atoms with Crippen LogP contribution < -0.4 is 0 Å². The van der Waals surface area contributed by atoms with Crippen molar-refractivity contribution >= 4 is 21.8 Å². The molecule has 1 saturated heterocycles. The normalized spacial score (nSPS) is 17.2. The van der Waals surface area contributed by atoms with E-state index in [9.17, 15) is 4.79 Å². The molecule has 0 radical (unpaired) electrons. The van der Waals surface area contributed by atoms with Gasteiger partial charge in [-0.3, -0.25) is 4.79 Å². The summed E-state index contributed by atoms with van der Waals surface area (Å²) in [5.74, 6) is 0.0900. The predicted molar refractivity (Wildman–Crippen MR) is 74.5 cm³/mol. The quantitative estimate of drug-likeness (QED) is 0.784. The fraction of sp³-hybridized carbons (Fsp3) is 0.538. The molecule has 0 N–H and O–H groups in total. The Hall–Kier alpha value is -0.940. The Bertz CT molecular complexity index is 411. The highest BCUT2D eigenvalue weighted by atomic mass is 79.9. The van der Waals surface area contributed by atoms with E-state index in [1.54, 1.807) is 12.3 Å². The average Bonchev–Trinajstić information content (AvgIpc) is 2.39. The molecule has 0 unspecified atom stereocenters. The van der Waals surface area contributed by atoms with Crippen LogP contribution in [0, 0.1) is 0 Å². The van der Waals surface area contributed by atoms with Gasteiger partial charge in [0.25, 0.3) is 5.91 Å². The molecule has 1 aliphatic heterocycles. The summed E-state index contributed by atoms with van der Waals surface area (Å²) in [4.78, 5) is 20.5. The Kier molecular flexibility index (Phi) is 4.35. The van der Waals surface area contributed by atoms with Crippen molar-refractivity contribution in [3.05, 3.63) is 28.5 Å². The van der Waals surface area contributed by atoms with Crippen molar-refractivity contribution in [2.75, 3.05) is 27.2 Å². The topological polar surface area (TPSA) is 36.4 Å². The van der Waals surface area contributed by atoms with Gasteiger partial charge in [-0.15, -0.1) is 0 Å². The number of pyridine rings is 1. The number of carbonyl (C=O) groups is 1. The molecule has 1 amide bonds. The van der Waals surface area contributed by atoms with E-state index in [-0.39, 0.29) is 5.91 Å². The fourth-order valence-corrected chi connectivity index (χ4v) is 2.50. The largest absolute Gasteiger partial charge is 0.338 e. The first-order valence-corrected chi connectivity index (χ1v) is 6.94. The zero-order valence-electron chi connectivity index (χ0n) is 10.8. The van der Waals surface area contributed by atoms with Gasteiger partial charge in [-0.1, -0.05) is 0 Å². The highest BCUT2D eigenvalue weighted by molar-refractivity contribution is 9.10. The molecule has 0 atom stereocenters. The second-order valence-corrected chi connectivity index (χ2v) is 5.67. The van der Waals surface area contributed by atoms with E-state index in [2.05, 4.69) is 39.9 Å². The summed E-state index contributed by atoms with van der Waals surface area (Å²) in [5.41, 5.74) is 0.668. The first-order valence-electron chi connectivity index (χ1n) is 6.15. The second-order valence-electron chi connectivity index (χ2n) is 4.86. The van der Waals surface area contributed by atoms with Crippen LogP contribution in [0.4, 0.5) is 0 Å². The van der Waals surface area contributed by atoms with Crippen LogP contribution in [0.1, 0.15) is 23.2 Å². The van der Waals surface area contributed by atoms with Gasteiger partial charge in [0.2, 0.25) is 0 Å². The molecule has 0 bridgehead atoms. The Morgan fingerprint density at radius 3 is 2.56 bits per heavy atom. The van der Waals surface area contributed by atoms with E-state index < -0.39 is 0 Å². The lowest BCUT2D eigenvalue weighted by Gasteiger charge is -2.35. The number of hydrogen-bond acceptors (Lipinski definition) is 3. The molecule has 1 aliphatic rings. The highest BCUT2D eigenvalue weighted by Gasteiger charge is 2.24. The Labute approximate surface area is 116 Å². The number of halogens is 1. The van der Waals surface area contributed by atoms with Gasteiger partial charge in [-0.05, 0) is 55.0 Å². The minimum Gasteiger partial charge on any atom is -0.338 e. The van der Waals surface area contributed by atoms with Gasteiger partial charge in [0, 0.05) is 25.3 Å². The van der Waals surface area contributed by atoms with Gasteiger partial charge in [0.15, 0.2) is 0 Å². The second kappa shape index (κ2) is 5.80. The summed E-state index contributed by atoms with van der Waals surface area (Å²) in [6.45, 7) is 1.66. The summed E-state index contributed by atoms with van der Waals surface area (Å²) >= 11 is 3.27. The van der Waals surface area contributed by atoms with Crippen LogP contribution in [0.2, 0.25) is 0 Å². The van der Waals surface area contributed by atoms with Crippen molar-refractivity contribution in [2.24, 2.45) is 0 Å². The fourth-order valence-electron chi connectivity index (χ4n) is 2.27. The van der Waals surface area contributed by atoms with Gasteiger partial charge in [0.05, 0.1) is 5.56 Å². The van der Waals surface area contributed by atoms with E-state index in [0.717, 1.165) is 30.5 Å². The third-order valence-electron chi connectivity index (χ3n) is 3.46. The summed E-state index contributed by atoms with van der Waals surface area (Å²) < 4.78 is 0.755. The number of hydrogen-bond donors (Lipinski definition) is 0. The number of nitrogens with zero attached hydrogens (tertiary/aromatic N) is 3. The van der Waals surface area contributed by atoms with E-state index >= 15 is 0 Å². The highest BCUT2D eigenvalue weighted by Crippen LogP contribution is 2.17. The maximum absolute atomic E-state index is 12.2. The van der Waals surface area contributed by atoms with Crippen LogP contribution in [0.3, 0.4) is 0 Å². The summed E-state index contributed by atoms with van der Waals surface area (Å²) in [7, 11) is 4.20. The monoisotopic (exact) mass is 311 g/mol. The lowest BCUT2D eigenvalue weighted by atomic mass is 10.0. The van der Waals surface area contributed by atoms with Crippen molar-refractivity contribution < 1.29 is 4.79 Å². The zero-order valence-corrected chi connectivity index (χ0v) is 12.4. The van der Waals surface area contributed by atoms with Gasteiger partial charge >= 0.3 is 0 Å². The number of rotatable bonds is 2. The van der Waals surface area contributed by atoms with Gasteiger partial charge < -0.3 is 9.80 Å². The average molecular weight is 312 g/mol. The molecule has 0 aromatic carbocycles. The smallest absolute Gasteiger partial charge is 0.255 e. The molecule has 1 aromatic heterocycles. The van der Waals surface area contributed by atoms with Crippen LogP contribution >= 0.6 is 15.9 Å². The van der Waals surface area contributed by atoms with Crippen LogP contribution in [0.5, 0.6) is 0 Å². The lowest BCUT2D eigenvalue weighted by molar-refractivity contribution is 0.0663. The SMILES string of the molecule is CN(C)C1CCN(C(=O)c2ccc(Br)nc2)CC1. The summed E-state index contributed by atoms with van der Waals surface area (Å²) in [6, 6.07) is 4.22. The molecule has 1 fully saturated rings. The minimum atomic E-state index is 0.0900. The van der Waals surface area contributed by atoms with E-state index in [4.69, 9.17) is 0 Å². The van der Waals surface area contributed by atoms with Crippen molar-refractivity contribution in [1.82, 2.24) is 14.8 Å². The third kappa shape index (κ3) is 3.09. The molecule has 18 heavy (non-hydrogen) atoms. The molecule has 5 heteroatoms. The number of piperidine rings is 1. The predicted octanol–water partition coefficient (Wildman–Crippen LogP) is 2.01. The van der Waals surface area contributed by atoms with Crippen molar-refractivity contribution in [1.29, 1.82) is 0 Å². The van der Waals surface area contributed by atoms with Crippen LogP contribution in [-0.2, 0) is 0 Å². The summed E-state index contributed by atoms with van der Waals surface area (Å²) in [6.07, 6.45) is 3.72. The molecule has 0 saturated carbocycles. The van der Waals surface area contributed by atoms with Crippen molar-refractivity contribution in [3.63, 3.8) is 0 Å². The van der Waals surface area contributed by atoms with Gasteiger partial charge in [0.1, 0.15) is 4.60 Å². The molecule has 98 valence electrons. The number of amides is 1. The Balaban J connectivity index is 1.97. The summed E-state index contributed by atoms with van der Waals surface area (Å²) in [5, 5.41) is 0. The molecule has 0 spiro atoms. The van der Waals surface area contributed by atoms with E-state index in [1.807, 2.05) is 11.0 Å². The minimum absolute atomic E-state index is 0.0900. The third-order valence-corrected chi connectivity index (χ3v) is 3.93. The maximum Gasteiger partial charge on any atom is 0.255 e. The molecule has 1 aromatic rings. The lowest BCUT2D eigenvalue weighted by Crippen LogP contribution is -2.44. The van der Waals surface area contributed by atoms with E-state index in [1.165, 1.54) is 0 Å². The molecule has 0 aliphatic carbocycles. The molecular weight excluding hydrogens is 294 g/mol. The maximum atomic E-state index is 12.2. The zero-order chi connectivity index (χ0) is 13.1. The van der Waals surface area contributed by atoms with Crippen molar-refractivity contribution in [3.8, 4) is 0 Å². The Morgan fingerprint density at radius 2 is 2.06 bits per heavy atom. The molecule has 2 heterocycles. The van der Waals surface area contributed by atoms with Gasteiger partial charge in [-0.2, -0.15) is 0 Å². The number of likely N-dealkylation sites (tertiary alicyclic amines) is 1. The number of carbonyl (C=O) groups excluding carboxylic acids is 1. The number of aromatic nitrogens is 1. The first kappa shape index (κ1) is 13.5. The van der Waals surface area contributed by atoms with Crippen LogP contribution in [-0.4, -0.2) is 53.9 Å². The van der Waals surface area contributed by atoms with Crippen LogP contribution in [0.15, 0.2) is 22.9 Å². The van der Waals surface area contributed by atoms with Crippen LogP contribution in [0.25, 0.3) is 0 Å². The molecule has 2 rings (SSSR count). The van der Waals surface area contributed by atoms with Gasteiger partial charge in [-0.25, -0.2) is 4.98 Å². The molecule has 4 nitrogen and oxygen atoms in total.